The van der Waals surface area contributed by atoms with Crippen LogP contribution in [0.25, 0.3) is 0 Å². The lowest BCUT2D eigenvalue weighted by Crippen LogP contribution is -3.00. The molecule has 2 aromatic rings. The number of carbonyl (C=O) groups excluding carboxylic acids is 1. The fourth-order valence-corrected chi connectivity index (χ4v) is 4.16. The first kappa shape index (κ1) is 22.6. The highest BCUT2D eigenvalue weighted by molar-refractivity contribution is 5.85. The predicted molar refractivity (Wildman–Crippen MR) is 106 cm³/mol. The molecular weight excluding hydrogens is 418 g/mol. The summed E-state index contributed by atoms with van der Waals surface area (Å²) in [6.07, 6.45) is 1.73. The van der Waals surface area contributed by atoms with Gasteiger partial charge in [0.2, 0.25) is 5.60 Å². The third kappa shape index (κ3) is 4.48. The number of likely N-dealkylation sites (N-methyl/N-ethyl adjacent to an activating group) is 1. The minimum atomic E-state index is -1.80. The van der Waals surface area contributed by atoms with Crippen LogP contribution in [0, 0.1) is 0 Å². The Labute approximate surface area is 178 Å². The van der Waals surface area contributed by atoms with E-state index in [1.807, 2.05) is 36.4 Å². The number of nitrogens with zero attached hydrogens (tertiary/aromatic N) is 1. The van der Waals surface area contributed by atoms with Crippen molar-refractivity contribution in [3.8, 4) is 0 Å². The van der Waals surface area contributed by atoms with Crippen molar-refractivity contribution in [2.45, 2.75) is 38.4 Å². The first-order valence-electron chi connectivity index (χ1n) is 9.93. The molecule has 4 nitrogen and oxygen atoms in total. The summed E-state index contributed by atoms with van der Waals surface area (Å²) >= 11 is 0. The molecule has 5 heteroatoms. The van der Waals surface area contributed by atoms with Crippen molar-refractivity contribution >= 4 is 5.97 Å². The number of piperidine rings is 1. The summed E-state index contributed by atoms with van der Waals surface area (Å²) in [6, 6.07) is 18.1. The Kier molecular flexibility index (Phi) is 7.81. The van der Waals surface area contributed by atoms with Gasteiger partial charge in [0, 0.05) is 6.42 Å². The summed E-state index contributed by atoms with van der Waals surface area (Å²) in [7, 11) is 0. The van der Waals surface area contributed by atoms with E-state index in [2.05, 4.69) is 13.8 Å². The summed E-state index contributed by atoms with van der Waals surface area (Å²) in [6.45, 7) is 8.40. The van der Waals surface area contributed by atoms with Crippen LogP contribution in [-0.4, -0.2) is 47.8 Å². The highest BCUT2D eigenvalue weighted by Gasteiger charge is 2.44. The SMILES string of the molecule is CC[N+]1(CC)CCCC(OC(=O)C(O)(c2ccccc2)c2ccccc2)C1.[Br-]. The number of hydrogen-bond donors (Lipinski definition) is 1. The van der Waals surface area contributed by atoms with E-state index in [1.54, 1.807) is 24.3 Å². The summed E-state index contributed by atoms with van der Waals surface area (Å²) in [5.74, 6) is -0.586. The average molecular weight is 448 g/mol. The predicted octanol–water partition coefficient (Wildman–Crippen LogP) is 0.489. The number of benzene rings is 2. The van der Waals surface area contributed by atoms with Crippen LogP contribution in [-0.2, 0) is 15.1 Å². The summed E-state index contributed by atoms with van der Waals surface area (Å²) in [5, 5.41) is 11.5. The lowest BCUT2D eigenvalue weighted by atomic mass is 9.86. The lowest BCUT2D eigenvalue weighted by Gasteiger charge is -2.43. The van der Waals surface area contributed by atoms with Crippen LogP contribution >= 0.6 is 0 Å². The molecule has 2 aromatic carbocycles. The van der Waals surface area contributed by atoms with Gasteiger partial charge in [-0.2, -0.15) is 0 Å². The van der Waals surface area contributed by atoms with Crippen LogP contribution in [0.3, 0.4) is 0 Å². The highest BCUT2D eigenvalue weighted by Crippen LogP contribution is 2.32. The van der Waals surface area contributed by atoms with Crippen LogP contribution in [0.4, 0.5) is 0 Å². The molecule has 3 rings (SSSR count). The average Bonchev–Trinajstić information content (AvgIpc) is 2.74. The number of halogens is 1. The van der Waals surface area contributed by atoms with Crippen LogP contribution in [0.15, 0.2) is 60.7 Å². The van der Waals surface area contributed by atoms with E-state index in [9.17, 15) is 9.90 Å². The van der Waals surface area contributed by atoms with Crippen molar-refractivity contribution in [3.05, 3.63) is 71.8 Å². The Morgan fingerprint density at radius 1 is 1.04 bits per heavy atom. The number of likely N-dealkylation sites (tertiary alicyclic amines) is 1. The third-order valence-electron chi connectivity index (χ3n) is 6.04. The molecule has 1 N–H and O–H groups in total. The summed E-state index contributed by atoms with van der Waals surface area (Å²) in [5.41, 5.74) is -0.735. The zero-order valence-electron chi connectivity index (χ0n) is 16.7. The monoisotopic (exact) mass is 447 g/mol. The number of hydrogen-bond acceptors (Lipinski definition) is 3. The second-order valence-electron chi connectivity index (χ2n) is 7.49. The van der Waals surface area contributed by atoms with E-state index < -0.39 is 11.6 Å². The Bertz CT molecular complexity index is 707. The minimum absolute atomic E-state index is 0. The molecule has 1 aliphatic rings. The Morgan fingerprint density at radius 2 is 1.54 bits per heavy atom. The lowest BCUT2D eigenvalue weighted by molar-refractivity contribution is -0.932. The van der Waals surface area contributed by atoms with Gasteiger partial charge in [0.15, 0.2) is 6.10 Å². The van der Waals surface area contributed by atoms with Crippen molar-refractivity contribution in [1.82, 2.24) is 0 Å². The molecule has 1 heterocycles. The van der Waals surface area contributed by atoms with E-state index >= 15 is 0 Å². The Hall–Kier alpha value is -1.69. The zero-order valence-corrected chi connectivity index (χ0v) is 18.3. The third-order valence-corrected chi connectivity index (χ3v) is 6.04. The molecule has 1 saturated heterocycles. The molecule has 152 valence electrons. The Balaban J connectivity index is 0.00000280. The number of rotatable bonds is 6. The normalized spacial score (nSPS) is 18.8. The summed E-state index contributed by atoms with van der Waals surface area (Å²) < 4.78 is 6.89. The molecule has 0 spiro atoms. The van der Waals surface area contributed by atoms with Crippen molar-refractivity contribution in [1.29, 1.82) is 0 Å². The number of carbonyl (C=O) groups is 1. The quantitative estimate of drug-likeness (QED) is 0.517. The van der Waals surface area contributed by atoms with Crippen molar-refractivity contribution in [2.75, 3.05) is 26.2 Å². The maximum atomic E-state index is 13.2. The van der Waals surface area contributed by atoms with Gasteiger partial charge < -0.3 is 31.3 Å². The van der Waals surface area contributed by atoms with E-state index in [-0.39, 0.29) is 23.1 Å². The van der Waals surface area contributed by atoms with Crippen LogP contribution in [0.2, 0.25) is 0 Å². The molecular formula is C23H30BrNO3. The maximum absolute atomic E-state index is 13.2. The number of quaternary nitrogens is 1. The van der Waals surface area contributed by atoms with Crippen molar-refractivity contribution in [3.63, 3.8) is 0 Å². The molecule has 28 heavy (non-hydrogen) atoms. The summed E-state index contributed by atoms with van der Waals surface area (Å²) in [4.78, 5) is 13.2. The number of ether oxygens (including phenoxy) is 1. The molecule has 1 atom stereocenters. The standard InChI is InChI=1S/C23H30NO3.BrH/c1-3-24(4-2)17-11-16-21(18-24)27-22(25)23(26,19-12-7-5-8-13-19)20-14-9-6-10-15-20;/h5-10,12-15,21,26H,3-4,11,16-18H2,1-2H3;1H/q+1;/p-1. The second-order valence-corrected chi connectivity index (χ2v) is 7.49. The van der Waals surface area contributed by atoms with Crippen molar-refractivity contribution in [2.24, 2.45) is 0 Å². The fraction of sp³-hybridized carbons (Fsp3) is 0.435. The largest absolute Gasteiger partial charge is 1.00 e. The zero-order chi connectivity index (χ0) is 19.3. The van der Waals surface area contributed by atoms with Gasteiger partial charge in [0.1, 0.15) is 6.54 Å². The van der Waals surface area contributed by atoms with Gasteiger partial charge in [-0.05, 0) is 31.4 Å². The smallest absolute Gasteiger partial charge is 0.348 e. The van der Waals surface area contributed by atoms with Crippen LogP contribution < -0.4 is 17.0 Å². The first-order chi connectivity index (χ1) is 13.0. The van der Waals surface area contributed by atoms with Gasteiger partial charge in [-0.15, -0.1) is 0 Å². The molecule has 0 aromatic heterocycles. The van der Waals surface area contributed by atoms with Crippen LogP contribution in [0.1, 0.15) is 37.8 Å². The van der Waals surface area contributed by atoms with E-state index in [4.69, 9.17) is 4.74 Å². The van der Waals surface area contributed by atoms with Gasteiger partial charge in [-0.3, -0.25) is 0 Å². The van der Waals surface area contributed by atoms with Crippen LogP contribution in [0.5, 0.6) is 0 Å². The molecule has 0 aliphatic carbocycles. The first-order valence-corrected chi connectivity index (χ1v) is 9.93. The number of aliphatic hydroxyl groups is 1. The van der Waals surface area contributed by atoms with E-state index in [0.717, 1.165) is 43.5 Å². The molecule has 0 amide bonds. The highest BCUT2D eigenvalue weighted by atomic mass is 79.9. The molecule has 1 fully saturated rings. The van der Waals surface area contributed by atoms with Gasteiger partial charge in [0.25, 0.3) is 0 Å². The fourth-order valence-electron chi connectivity index (χ4n) is 4.16. The molecule has 0 saturated carbocycles. The molecule has 1 unspecified atom stereocenters. The topological polar surface area (TPSA) is 46.5 Å². The van der Waals surface area contributed by atoms with E-state index in [1.165, 1.54) is 0 Å². The molecule has 0 bridgehead atoms. The number of esters is 1. The van der Waals surface area contributed by atoms with Gasteiger partial charge in [-0.1, -0.05) is 60.7 Å². The Morgan fingerprint density at radius 3 is 2.00 bits per heavy atom. The van der Waals surface area contributed by atoms with Crippen molar-refractivity contribution < 1.29 is 36.1 Å². The molecule has 0 radical (unpaired) electrons. The minimum Gasteiger partial charge on any atom is -1.00 e. The molecule has 1 aliphatic heterocycles. The van der Waals surface area contributed by atoms with Gasteiger partial charge in [0.05, 0.1) is 19.6 Å². The maximum Gasteiger partial charge on any atom is 0.348 e. The van der Waals surface area contributed by atoms with Gasteiger partial charge in [-0.25, -0.2) is 4.79 Å². The van der Waals surface area contributed by atoms with Gasteiger partial charge >= 0.3 is 5.97 Å². The van der Waals surface area contributed by atoms with E-state index in [0.29, 0.717) is 11.1 Å². The second kappa shape index (κ2) is 9.68.